The third kappa shape index (κ3) is 20.1. The van der Waals surface area contributed by atoms with E-state index in [9.17, 15) is 55.0 Å². The molecule has 0 aromatic heterocycles. The summed E-state index contributed by atoms with van der Waals surface area (Å²) < 4.78 is 108. The molecule has 21 nitrogen and oxygen atoms in total. The maximum absolute atomic E-state index is 13.5. The van der Waals surface area contributed by atoms with Gasteiger partial charge in [0.1, 0.15) is 17.2 Å². The van der Waals surface area contributed by atoms with Crippen molar-refractivity contribution in [1.82, 2.24) is 14.2 Å². The van der Waals surface area contributed by atoms with Gasteiger partial charge in [0.15, 0.2) is 0 Å². The van der Waals surface area contributed by atoms with Gasteiger partial charge in [-0.05, 0) is 312 Å². The van der Waals surface area contributed by atoms with Crippen LogP contribution in [0.3, 0.4) is 0 Å². The molecule has 3 spiro atoms. The lowest BCUT2D eigenvalue weighted by Crippen LogP contribution is -2.49. The second-order valence-electron chi connectivity index (χ2n) is 39.7. The summed E-state index contributed by atoms with van der Waals surface area (Å²) in [6.45, 7) is 17.3. The maximum atomic E-state index is 13.5. The summed E-state index contributed by atoms with van der Waals surface area (Å²) in [5.41, 5.74) is 10.0. The number of hydrogen-bond acceptors (Lipinski definition) is 18. The van der Waals surface area contributed by atoms with E-state index in [4.69, 9.17) is 49.0 Å². The Labute approximate surface area is 778 Å². The number of nitrogens with one attached hydrogen (secondary N) is 3. The number of allylic oxidation sites excluding steroid dienone is 3. The number of carbonyl (C=O) groups is 3. The summed E-state index contributed by atoms with van der Waals surface area (Å²) >= 11 is 19.2. The average Bonchev–Trinajstić information content (AvgIpc) is 1.66. The van der Waals surface area contributed by atoms with Crippen LogP contribution < -0.4 is 43.1 Å². The number of anilines is 3. The second-order valence-corrected chi connectivity index (χ2v) is 46.7. The van der Waals surface area contributed by atoms with Crippen LogP contribution in [0, 0.1) is 53.3 Å². The van der Waals surface area contributed by atoms with Crippen LogP contribution in [0.1, 0.15) is 241 Å². The number of aliphatic hydroxyl groups excluding tert-OH is 3. The van der Waals surface area contributed by atoms with Gasteiger partial charge in [0.2, 0.25) is 30.1 Å². The third-order valence-corrected chi connectivity index (χ3v) is 37.7. The first-order valence-electron chi connectivity index (χ1n) is 47.4. The molecule has 3 saturated carbocycles. The zero-order valence-electron chi connectivity index (χ0n) is 75.3. The highest BCUT2D eigenvalue weighted by Crippen LogP contribution is 2.52. The van der Waals surface area contributed by atoms with Crippen molar-refractivity contribution in [3.63, 3.8) is 0 Å². The fourth-order valence-electron chi connectivity index (χ4n) is 23.5. The number of fused-ring (bicyclic) bond motifs is 12. The summed E-state index contributed by atoms with van der Waals surface area (Å²) in [7, 11) is -11.8. The Morgan fingerprint density at radius 2 is 0.674 bits per heavy atom. The van der Waals surface area contributed by atoms with Crippen molar-refractivity contribution in [1.29, 1.82) is 0 Å². The molecule has 6 bridgehead atoms. The number of rotatable bonds is 6. The molecule has 6 N–H and O–H groups in total. The van der Waals surface area contributed by atoms with E-state index in [0.717, 1.165) is 148 Å². The number of ether oxygens (including phenoxy) is 3. The Bertz CT molecular complexity index is 5070. The zero-order chi connectivity index (χ0) is 91.1. The number of aliphatic hydroxyl groups is 3. The molecule has 0 saturated heterocycles. The molecule has 129 heavy (non-hydrogen) atoms. The van der Waals surface area contributed by atoms with E-state index < -0.39 is 81.9 Å². The van der Waals surface area contributed by atoms with E-state index in [2.05, 4.69) is 65.3 Å². The van der Waals surface area contributed by atoms with E-state index in [1.807, 2.05) is 96.2 Å². The van der Waals surface area contributed by atoms with Gasteiger partial charge in [-0.1, -0.05) is 150 Å². The fourth-order valence-corrected chi connectivity index (χ4v) is 29.5. The van der Waals surface area contributed by atoms with Crippen LogP contribution in [0.2, 0.25) is 15.1 Å². The first-order valence-corrected chi connectivity index (χ1v) is 53.2. The van der Waals surface area contributed by atoms with Crippen molar-refractivity contribution in [2.45, 2.75) is 246 Å². The van der Waals surface area contributed by atoms with Gasteiger partial charge in [0.25, 0.3) is 17.7 Å². The van der Waals surface area contributed by atoms with Crippen molar-refractivity contribution in [3.8, 4) is 17.2 Å². The molecule has 6 heterocycles. The van der Waals surface area contributed by atoms with E-state index in [1.165, 1.54) is 33.4 Å². The van der Waals surface area contributed by atoms with Crippen molar-refractivity contribution < 1.29 is 69.2 Å². The van der Waals surface area contributed by atoms with E-state index in [1.54, 1.807) is 54.6 Å². The predicted molar refractivity (Wildman–Crippen MR) is 511 cm³/mol. The van der Waals surface area contributed by atoms with Gasteiger partial charge in [-0.2, -0.15) is 0 Å². The number of halogens is 3. The van der Waals surface area contributed by atoms with Gasteiger partial charge < -0.3 is 44.2 Å². The normalized spacial score (nSPS) is 32.8. The smallest absolute Gasteiger partial charge is 0.264 e. The number of aryl methyl sites for hydroxylation is 3. The molecular weight excluding hydrogens is 1750 g/mol. The molecule has 18 rings (SSSR count). The number of hydrogen-bond donors (Lipinski definition) is 6. The summed E-state index contributed by atoms with van der Waals surface area (Å²) in [4.78, 5) is 47.5. The highest BCUT2D eigenvalue weighted by Gasteiger charge is 2.50. The van der Waals surface area contributed by atoms with Gasteiger partial charge in [-0.15, -0.1) is 0 Å². The quantitative estimate of drug-likeness (QED) is 0.0845. The van der Waals surface area contributed by atoms with Gasteiger partial charge in [-0.3, -0.25) is 14.4 Å². The molecule has 696 valence electrons. The molecule has 3 fully saturated rings. The Morgan fingerprint density at radius 3 is 0.930 bits per heavy atom. The van der Waals surface area contributed by atoms with Crippen LogP contribution in [0.4, 0.5) is 17.1 Å². The summed E-state index contributed by atoms with van der Waals surface area (Å²) in [5.74, 6) is 0.813. The molecular formula is C102H129Cl3N6O15S3. The summed E-state index contributed by atoms with van der Waals surface area (Å²) in [6.07, 6.45) is 29.4. The minimum Gasteiger partial charge on any atom is -0.490 e. The Kier molecular flexibility index (Phi) is 28.9. The first kappa shape index (κ1) is 94.5. The first-order chi connectivity index (χ1) is 61.8. The van der Waals surface area contributed by atoms with E-state index in [0.29, 0.717) is 131 Å². The van der Waals surface area contributed by atoms with Crippen LogP contribution in [-0.4, -0.2) is 151 Å². The highest BCUT2D eigenvalue weighted by atomic mass is 35.5. The minimum absolute atomic E-state index is 0.127. The summed E-state index contributed by atoms with van der Waals surface area (Å²) in [5, 5.41) is 33.7. The fraction of sp³-hybridized carbons (Fsp3) is 0.559. The Hall–Kier alpha value is -7.65. The topological polar surface area (TPSA) is 288 Å². The van der Waals surface area contributed by atoms with Crippen LogP contribution >= 0.6 is 34.8 Å². The Balaban J connectivity index is 0.000000142. The lowest BCUT2D eigenvalue weighted by molar-refractivity contribution is 0.0454. The SMILES string of the molecule is CCC[C@@H]1[C@H](C)C/C=C\[C@@H](O)[C@@H]2CC[C@H]2CN2C[C@@]3(CCCc4cc(Cl)ccc43)COc3ccc(cc32)C(=O)NS1(=O)=O.CCC[C@H]1[C@@H](C)C/C=C\[C@H](O)[C@@H]2CC[C@H]2CN2C[C@@]3(CCCc4cc(Cl)ccc43)COc3ccc(cc32)C(=O)NS1(=O)=O.CCC[C@H]1[C@H](C)C/C=C/[C@H](O)[C@@H]2CC[C@H]2CN2C[C@@]3(CCCc4cc(Cl)ccc43)COc3ccc(cc32)C(=O)NS1(=O)=O. The molecule has 27 heteroatoms. The number of amides is 3. The second kappa shape index (κ2) is 39.5. The van der Waals surface area contributed by atoms with Crippen molar-refractivity contribution in [3.05, 3.63) is 211 Å². The molecule has 6 aromatic rings. The molecule has 3 amide bonds. The molecule has 0 radical (unpaired) electrons. The molecule has 12 aliphatic rings. The van der Waals surface area contributed by atoms with Gasteiger partial charge >= 0.3 is 0 Å². The largest absolute Gasteiger partial charge is 0.490 e. The number of sulfonamides is 3. The van der Waals surface area contributed by atoms with Crippen LogP contribution in [0.25, 0.3) is 0 Å². The maximum Gasteiger partial charge on any atom is 0.264 e. The number of benzene rings is 6. The van der Waals surface area contributed by atoms with Crippen molar-refractivity contribution in [2.24, 2.45) is 53.3 Å². The lowest BCUT2D eigenvalue weighted by atomic mass is 9.68. The minimum atomic E-state index is -3.93. The predicted octanol–water partition coefficient (Wildman–Crippen LogP) is 18.1. The van der Waals surface area contributed by atoms with E-state index in [-0.39, 0.29) is 69.5 Å². The average molecular weight is 1880 g/mol. The monoisotopic (exact) mass is 1880 g/mol. The van der Waals surface area contributed by atoms with Crippen molar-refractivity contribution >= 4 is 99.7 Å². The van der Waals surface area contributed by atoms with E-state index >= 15 is 0 Å². The molecule has 0 unspecified atom stereocenters. The molecule has 6 aliphatic heterocycles. The van der Waals surface area contributed by atoms with Gasteiger partial charge in [0.05, 0.1) is 70.9 Å². The number of nitrogens with zero attached hydrogens (tertiary/aromatic N) is 3. The molecule has 6 aliphatic carbocycles. The van der Waals surface area contributed by atoms with Crippen LogP contribution in [0.5, 0.6) is 17.2 Å². The van der Waals surface area contributed by atoms with Crippen LogP contribution in [-0.2, 0) is 65.6 Å². The standard InChI is InChI=1S/3C34H43ClN2O5S/c3*1-3-6-32-22(2)7-4-9-30(38)27-13-10-25(27)19-37-20-34(16-5-8-23-17-26(35)12-14-28(23)34)21-42-31-15-11-24(18-29(31)37)33(39)36-43(32,40)41/h3*4,9,11-12,14-15,17-18,22,25,27,30,32,38H,3,5-8,10,13,16,19-21H2,1-2H3,(H,36,39)/b9-4+;2*9-4-/t22-,25+,27-,30+,32+,34+;22-,25+,27-,30-,32-,34+;22-,25-,27+,30-,32-,34-/m110/s1. The molecule has 6 aromatic carbocycles. The van der Waals surface area contributed by atoms with Gasteiger partial charge in [0, 0.05) is 87.3 Å². The number of carbonyl (C=O) groups excluding carboxylic acids is 3. The van der Waals surface area contributed by atoms with Crippen molar-refractivity contribution in [2.75, 3.05) is 73.8 Å². The lowest BCUT2D eigenvalue weighted by Gasteiger charge is -2.45. The zero-order valence-corrected chi connectivity index (χ0v) is 80.0. The third-order valence-electron chi connectivity index (χ3n) is 31.1. The van der Waals surface area contributed by atoms with Gasteiger partial charge in [-0.25, -0.2) is 39.4 Å². The molecule has 18 atom stereocenters. The summed E-state index contributed by atoms with van der Waals surface area (Å²) in [6, 6.07) is 34.3. The Morgan fingerprint density at radius 1 is 0.395 bits per heavy atom. The van der Waals surface area contributed by atoms with Crippen LogP contribution in [0.15, 0.2) is 146 Å². The highest BCUT2D eigenvalue weighted by molar-refractivity contribution is 7.91.